The zero-order valence-electron chi connectivity index (χ0n) is 11.6. The molecule has 0 spiro atoms. The number of aliphatic hydroxyl groups excluding tert-OH is 1. The zero-order chi connectivity index (χ0) is 18.7. The van der Waals surface area contributed by atoms with Crippen LogP contribution < -0.4 is 0 Å². The Morgan fingerprint density at radius 2 is 1.22 bits per heavy atom. The number of halogens is 6. The minimum Gasteiger partial charge on any atom is -0.393 e. The second-order valence-corrected chi connectivity index (χ2v) is 7.98. The first kappa shape index (κ1) is 22.4. The fraction of sp³-hybridized carbons (Fsp3) is 1.00. The van der Waals surface area contributed by atoms with E-state index < -0.39 is 31.3 Å². The van der Waals surface area contributed by atoms with Crippen molar-refractivity contribution >= 4 is 20.2 Å². The Morgan fingerprint density at radius 3 is 1.43 bits per heavy atom. The largest absolute Gasteiger partial charge is 0.524 e. The van der Waals surface area contributed by atoms with Crippen molar-refractivity contribution in [2.24, 2.45) is 5.92 Å². The van der Waals surface area contributed by atoms with E-state index in [4.69, 9.17) is 0 Å². The van der Waals surface area contributed by atoms with E-state index in [-0.39, 0.29) is 6.10 Å². The molecule has 14 heteroatoms. The van der Waals surface area contributed by atoms with Crippen molar-refractivity contribution in [2.45, 2.75) is 49.7 Å². The van der Waals surface area contributed by atoms with E-state index in [1.807, 2.05) is 3.63 Å². The molecule has 6 nitrogen and oxygen atoms in total. The summed E-state index contributed by atoms with van der Waals surface area (Å²) in [5.74, 6) is 0.559. The first-order chi connectivity index (χ1) is 10.0. The number of hydrogen-bond donors (Lipinski definition) is 1. The standard InChI is InChI=1S/C7H14O.C2F6O5S2/c1-6-4-2-3-5-7(6)8;3-1(4,5)14(9,10)13-15(11,12)2(6,7)8/h6-8H,2-5H2,1H3;/t6-,7-;/m1./s1. The number of rotatable bonds is 2. The van der Waals surface area contributed by atoms with Crippen molar-refractivity contribution in [1.29, 1.82) is 0 Å². The second-order valence-electron chi connectivity index (χ2n) is 4.70. The van der Waals surface area contributed by atoms with Gasteiger partial charge in [0.25, 0.3) is 0 Å². The van der Waals surface area contributed by atoms with Crippen LogP contribution in [0.25, 0.3) is 0 Å². The lowest BCUT2D eigenvalue weighted by atomic mass is 9.88. The molecule has 2 atom stereocenters. The van der Waals surface area contributed by atoms with Crippen molar-refractivity contribution in [3.63, 3.8) is 0 Å². The smallest absolute Gasteiger partial charge is 0.393 e. The highest BCUT2D eigenvalue weighted by Crippen LogP contribution is 2.32. The molecule has 1 fully saturated rings. The maximum absolute atomic E-state index is 11.4. The average molecular weight is 396 g/mol. The summed E-state index contributed by atoms with van der Waals surface area (Å²) in [7, 11) is -13.7. The normalized spacial score (nSPS) is 23.8. The van der Waals surface area contributed by atoms with Crippen LogP contribution in [0.4, 0.5) is 26.3 Å². The second kappa shape index (κ2) is 7.53. The van der Waals surface area contributed by atoms with E-state index in [1.54, 1.807) is 0 Å². The van der Waals surface area contributed by atoms with Gasteiger partial charge in [-0.05, 0) is 18.8 Å². The van der Waals surface area contributed by atoms with Gasteiger partial charge in [0.1, 0.15) is 0 Å². The van der Waals surface area contributed by atoms with E-state index in [9.17, 15) is 48.3 Å². The summed E-state index contributed by atoms with van der Waals surface area (Å²) in [5, 5.41) is 9.18. The van der Waals surface area contributed by atoms with Gasteiger partial charge in [-0.25, -0.2) is 0 Å². The van der Waals surface area contributed by atoms with Gasteiger partial charge in [0.05, 0.1) is 6.10 Å². The molecule has 140 valence electrons. The monoisotopic (exact) mass is 396 g/mol. The van der Waals surface area contributed by atoms with Crippen molar-refractivity contribution in [1.82, 2.24) is 0 Å². The van der Waals surface area contributed by atoms with E-state index in [2.05, 4.69) is 6.92 Å². The maximum atomic E-state index is 11.4. The molecular weight excluding hydrogens is 382 g/mol. The molecule has 0 aromatic rings. The van der Waals surface area contributed by atoms with Gasteiger partial charge in [-0.15, -0.1) is 3.63 Å². The van der Waals surface area contributed by atoms with Crippen molar-refractivity contribution in [2.75, 3.05) is 0 Å². The van der Waals surface area contributed by atoms with Crippen molar-refractivity contribution in [3.8, 4) is 0 Å². The van der Waals surface area contributed by atoms with Gasteiger partial charge < -0.3 is 5.11 Å². The molecule has 23 heavy (non-hydrogen) atoms. The molecule has 0 bridgehead atoms. The summed E-state index contributed by atoms with van der Waals surface area (Å²) in [6.07, 6.45) is 4.80. The molecule has 0 aromatic heterocycles. The third kappa shape index (κ3) is 6.81. The lowest BCUT2D eigenvalue weighted by Gasteiger charge is -2.23. The number of alkyl halides is 6. The molecule has 1 N–H and O–H groups in total. The highest BCUT2D eigenvalue weighted by molar-refractivity contribution is 8.00. The van der Waals surface area contributed by atoms with Crippen molar-refractivity contribution in [3.05, 3.63) is 0 Å². The molecule has 1 saturated carbocycles. The fourth-order valence-electron chi connectivity index (χ4n) is 1.49. The number of aliphatic hydroxyl groups is 1. The molecule has 0 aliphatic heterocycles. The molecular formula is C9H14F6O6S2. The van der Waals surface area contributed by atoms with Crippen LogP contribution in [0.1, 0.15) is 32.6 Å². The van der Waals surface area contributed by atoms with E-state index in [0.29, 0.717) is 5.92 Å². The maximum Gasteiger partial charge on any atom is 0.524 e. The quantitative estimate of drug-likeness (QED) is 0.568. The molecule has 0 radical (unpaired) electrons. The minimum atomic E-state index is -6.85. The van der Waals surface area contributed by atoms with E-state index in [0.717, 1.165) is 6.42 Å². The lowest BCUT2D eigenvalue weighted by Crippen LogP contribution is -2.34. The molecule has 0 saturated heterocycles. The van der Waals surface area contributed by atoms with Gasteiger partial charge in [-0.1, -0.05) is 19.8 Å². The zero-order valence-corrected chi connectivity index (χ0v) is 13.2. The molecule has 0 unspecified atom stereocenters. The third-order valence-electron chi connectivity index (χ3n) is 2.81. The van der Waals surface area contributed by atoms with Crippen LogP contribution in [-0.2, 0) is 23.9 Å². The molecule has 1 aliphatic rings. The molecule has 0 aromatic carbocycles. The Labute approximate surface area is 128 Å². The lowest BCUT2D eigenvalue weighted by molar-refractivity contribution is -0.0585. The first-order valence-corrected chi connectivity index (χ1v) is 8.84. The van der Waals surface area contributed by atoms with Gasteiger partial charge in [-0.3, -0.25) is 0 Å². The summed E-state index contributed by atoms with van der Waals surface area (Å²) < 4.78 is 110. The van der Waals surface area contributed by atoms with E-state index in [1.165, 1.54) is 19.3 Å². The summed E-state index contributed by atoms with van der Waals surface area (Å²) >= 11 is 0. The molecule has 0 amide bonds. The van der Waals surface area contributed by atoms with Crippen LogP contribution in [0.5, 0.6) is 0 Å². The predicted molar refractivity (Wildman–Crippen MR) is 64.7 cm³/mol. The van der Waals surface area contributed by atoms with Gasteiger partial charge in [-0.2, -0.15) is 43.2 Å². The highest BCUT2D eigenvalue weighted by atomic mass is 32.3. The minimum absolute atomic E-state index is 0.00347. The first-order valence-electron chi connectivity index (χ1n) is 6.03. The fourth-order valence-corrected chi connectivity index (χ4v) is 3.05. The molecule has 0 heterocycles. The SMILES string of the molecule is C[C@@H]1CCCC[C@H]1O.O=S(=O)(OS(=O)(=O)C(F)(F)F)C(F)(F)F. The van der Waals surface area contributed by atoms with Gasteiger partial charge in [0.15, 0.2) is 0 Å². The summed E-state index contributed by atoms with van der Waals surface area (Å²) in [5.41, 5.74) is -12.5. The highest BCUT2D eigenvalue weighted by Gasteiger charge is 2.57. The van der Waals surface area contributed by atoms with Crippen LogP contribution in [0.3, 0.4) is 0 Å². The van der Waals surface area contributed by atoms with Crippen LogP contribution in [0, 0.1) is 5.92 Å². The van der Waals surface area contributed by atoms with Gasteiger partial charge >= 0.3 is 31.3 Å². The third-order valence-corrected chi connectivity index (χ3v) is 5.38. The summed E-state index contributed by atoms with van der Waals surface area (Å²) in [6, 6.07) is 0. The number of hydrogen-bond acceptors (Lipinski definition) is 6. The van der Waals surface area contributed by atoms with Crippen LogP contribution >= 0.6 is 0 Å². The average Bonchev–Trinajstić information content (AvgIpc) is 2.29. The Bertz CT molecular complexity index is 527. The molecule has 1 rings (SSSR count). The van der Waals surface area contributed by atoms with E-state index >= 15 is 0 Å². The van der Waals surface area contributed by atoms with Gasteiger partial charge in [0.2, 0.25) is 0 Å². The Balaban J connectivity index is 0.000000502. The summed E-state index contributed by atoms with van der Waals surface area (Å²) in [4.78, 5) is 0. The predicted octanol–water partition coefficient (Wildman–Crippen LogP) is 2.26. The summed E-state index contributed by atoms with van der Waals surface area (Å²) in [6.45, 7) is 2.13. The Kier molecular flexibility index (Phi) is 7.33. The molecule has 1 aliphatic carbocycles. The Morgan fingerprint density at radius 1 is 0.870 bits per heavy atom. The van der Waals surface area contributed by atoms with Crippen molar-refractivity contribution < 1.29 is 51.9 Å². The van der Waals surface area contributed by atoms with Crippen LogP contribution in [0.15, 0.2) is 0 Å². The van der Waals surface area contributed by atoms with Gasteiger partial charge in [0, 0.05) is 0 Å². The topological polar surface area (TPSA) is 97.7 Å². The van der Waals surface area contributed by atoms with Crippen LogP contribution in [-0.4, -0.2) is 39.1 Å². The Hall–Kier alpha value is -0.600. The van der Waals surface area contributed by atoms with Crippen LogP contribution in [0.2, 0.25) is 0 Å².